The average molecular weight is 265 g/mol. The highest BCUT2D eigenvalue weighted by atomic mass is 16.5. The van der Waals surface area contributed by atoms with Crippen LogP contribution in [-0.2, 0) is 0 Å². The van der Waals surface area contributed by atoms with Gasteiger partial charge >= 0.3 is 0 Å². The van der Waals surface area contributed by atoms with Gasteiger partial charge in [0.2, 0.25) is 0 Å². The molecule has 106 valence electrons. The molecule has 5 nitrogen and oxygen atoms in total. The van der Waals surface area contributed by atoms with Gasteiger partial charge in [0.05, 0.1) is 7.11 Å². The Morgan fingerprint density at radius 3 is 2.84 bits per heavy atom. The van der Waals surface area contributed by atoms with Crippen molar-refractivity contribution in [2.45, 2.75) is 26.7 Å². The van der Waals surface area contributed by atoms with E-state index in [0.717, 1.165) is 30.8 Å². The number of amidine groups is 1. The van der Waals surface area contributed by atoms with E-state index in [1.807, 2.05) is 38.1 Å². The fraction of sp³-hybridized carbons (Fsp3) is 0.500. The first-order chi connectivity index (χ1) is 8.99. The number of rotatable bonds is 7. The highest BCUT2D eigenvalue weighted by Crippen LogP contribution is 2.23. The zero-order valence-electron chi connectivity index (χ0n) is 11.8. The van der Waals surface area contributed by atoms with Gasteiger partial charge in [0.25, 0.3) is 0 Å². The normalized spacial score (nSPS) is 12.3. The summed E-state index contributed by atoms with van der Waals surface area (Å²) in [7, 11) is 1.65. The summed E-state index contributed by atoms with van der Waals surface area (Å²) in [4.78, 5) is 0. The van der Waals surface area contributed by atoms with Gasteiger partial charge in [0.15, 0.2) is 0 Å². The van der Waals surface area contributed by atoms with E-state index in [0.29, 0.717) is 0 Å². The first-order valence-electron chi connectivity index (χ1n) is 6.35. The largest absolute Gasteiger partial charge is 0.497 e. The first kappa shape index (κ1) is 15.1. The second kappa shape index (κ2) is 6.87. The molecule has 0 radical (unpaired) electrons. The molecule has 5 heteroatoms. The van der Waals surface area contributed by atoms with Crippen LogP contribution in [0.3, 0.4) is 0 Å². The molecule has 0 unspecified atom stereocenters. The van der Waals surface area contributed by atoms with Gasteiger partial charge in [0.1, 0.15) is 11.6 Å². The molecule has 0 aromatic heterocycles. The predicted molar refractivity (Wildman–Crippen MR) is 77.9 cm³/mol. The van der Waals surface area contributed by atoms with Crippen LogP contribution in [0.1, 0.15) is 26.7 Å². The van der Waals surface area contributed by atoms with Crippen LogP contribution in [0, 0.1) is 5.41 Å². The van der Waals surface area contributed by atoms with E-state index >= 15 is 0 Å². The minimum absolute atomic E-state index is 0.272. The molecule has 0 aliphatic rings. The number of nitrogens with one attached hydrogen (secondary N) is 1. The quantitative estimate of drug-likeness (QED) is 0.233. The van der Waals surface area contributed by atoms with Gasteiger partial charge in [-0.3, -0.25) is 0 Å². The molecular formula is C14H23N3O2. The lowest BCUT2D eigenvalue weighted by Crippen LogP contribution is -2.32. The summed E-state index contributed by atoms with van der Waals surface area (Å²) in [5.41, 5.74) is 6.39. The lowest BCUT2D eigenvalue weighted by Gasteiger charge is -2.22. The number of nitrogens with two attached hydrogens (primary N) is 1. The zero-order chi connectivity index (χ0) is 14.3. The van der Waals surface area contributed by atoms with Crippen molar-refractivity contribution in [2.75, 3.05) is 19.0 Å². The Balaban J connectivity index is 2.38. The van der Waals surface area contributed by atoms with Gasteiger partial charge in [0, 0.05) is 23.7 Å². The van der Waals surface area contributed by atoms with Crippen LogP contribution in [0.4, 0.5) is 5.69 Å². The minimum atomic E-state index is -0.287. The minimum Gasteiger partial charge on any atom is -0.497 e. The van der Waals surface area contributed by atoms with Crippen LogP contribution in [0.5, 0.6) is 5.75 Å². The summed E-state index contributed by atoms with van der Waals surface area (Å²) >= 11 is 0. The van der Waals surface area contributed by atoms with Crippen LogP contribution in [-0.4, -0.2) is 24.7 Å². The van der Waals surface area contributed by atoms with E-state index in [1.165, 1.54) is 0 Å². The van der Waals surface area contributed by atoms with Crippen LogP contribution < -0.4 is 15.8 Å². The molecule has 0 saturated carbocycles. The molecule has 0 aliphatic heterocycles. The Labute approximate surface area is 114 Å². The molecule has 1 aromatic rings. The molecule has 0 aliphatic carbocycles. The Morgan fingerprint density at radius 1 is 1.47 bits per heavy atom. The molecule has 1 rings (SSSR count). The molecule has 1 aromatic carbocycles. The monoisotopic (exact) mass is 265 g/mol. The molecule has 19 heavy (non-hydrogen) atoms. The van der Waals surface area contributed by atoms with Crippen molar-refractivity contribution in [3.8, 4) is 5.75 Å². The first-order valence-corrected chi connectivity index (χ1v) is 6.35. The summed E-state index contributed by atoms with van der Waals surface area (Å²) in [5, 5.41) is 15.1. The van der Waals surface area contributed by atoms with Gasteiger partial charge in [-0.15, -0.1) is 0 Å². The lowest BCUT2D eigenvalue weighted by atomic mass is 9.86. The van der Waals surface area contributed by atoms with E-state index in [4.69, 9.17) is 15.7 Å². The third-order valence-corrected chi connectivity index (χ3v) is 3.18. The smallest absolute Gasteiger partial charge is 0.144 e. The maximum Gasteiger partial charge on any atom is 0.144 e. The SMILES string of the molecule is COc1cccc(NCCCC(C)(C)C(N)=NO)c1. The number of oxime groups is 1. The average Bonchev–Trinajstić information content (AvgIpc) is 2.43. The molecule has 0 bridgehead atoms. The Morgan fingerprint density at radius 2 is 2.21 bits per heavy atom. The maximum absolute atomic E-state index is 8.70. The van der Waals surface area contributed by atoms with E-state index in [9.17, 15) is 0 Å². The van der Waals surface area contributed by atoms with Gasteiger partial charge in [-0.2, -0.15) is 0 Å². The van der Waals surface area contributed by atoms with Crippen molar-refractivity contribution in [3.05, 3.63) is 24.3 Å². The summed E-state index contributed by atoms with van der Waals surface area (Å²) in [5.74, 6) is 1.11. The number of benzene rings is 1. The number of hydrogen-bond donors (Lipinski definition) is 3. The number of ether oxygens (including phenoxy) is 1. The number of methoxy groups -OCH3 is 1. The van der Waals surface area contributed by atoms with Gasteiger partial charge in [-0.1, -0.05) is 25.1 Å². The van der Waals surface area contributed by atoms with Crippen molar-refractivity contribution < 1.29 is 9.94 Å². The molecule has 0 fully saturated rings. The van der Waals surface area contributed by atoms with Crippen LogP contribution >= 0.6 is 0 Å². The highest BCUT2D eigenvalue weighted by molar-refractivity contribution is 5.85. The highest BCUT2D eigenvalue weighted by Gasteiger charge is 2.22. The third kappa shape index (κ3) is 4.69. The molecular weight excluding hydrogens is 242 g/mol. The summed E-state index contributed by atoms with van der Waals surface area (Å²) in [6.45, 7) is 4.76. The predicted octanol–water partition coefficient (Wildman–Crippen LogP) is 2.66. The summed E-state index contributed by atoms with van der Waals surface area (Å²) in [6.07, 6.45) is 1.78. The molecule has 4 N–H and O–H groups in total. The number of anilines is 1. The second-order valence-corrected chi connectivity index (χ2v) is 5.13. The van der Waals surface area contributed by atoms with Gasteiger partial charge < -0.3 is 21.0 Å². The fourth-order valence-electron chi connectivity index (χ4n) is 1.76. The number of hydrogen-bond acceptors (Lipinski definition) is 4. The van der Waals surface area contributed by atoms with Crippen LogP contribution in [0.25, 0.3) is 0 Å². The molecule has 0 amide bonds. The summed E-state index contributed by atoms with van der Waals surface area (Å²) in [6, 6.07) is 7.81. The van der Waals surface area contributed by atoms with Gasteiger partial charge in [-0.25, -0.2) is 0 Å². The second-order valence-electron chi connectivity index (χ2n) is 5.13. The van der Waals surface area contributed by atoms with Crippen molar-refractivity contribution in [3.63, 3.8) is 0 Å². The van der Waals surface area contributed by atoms with Crippen LogP contribution in [0.2, 0.25) is 0 Å². The molecule has 0 saturated heterocycles. The Hall–Kier alpha value is -1.91. The fourth-order valence-corrected chi connectivity index (χ4v) is 1.76. The standard InChI is InChI=1S/C14H23N3O2/c1-14(2,13(15)17-18)8-5-9-16-11-6-4-7-12(10-11)19-3/h4,6-7,10,16,18H,5,8-9H2,1-3H3,(H2,15,17). The van der Waals surface area contributed by atoms with E-state index in [2.05, 4.69) is 10.5 Å². The van der Waals surface area contributed by atoms with Crippen molar-refractivity contribution in [1.82, 2.24) is 0 Å². The lowest BCUT2D eigenvalue weighted by molar-refractivity contribution is 0.305. The topological polar surface area (TPSA) is 79.9 Å². The molecule has 0 heterocycles. The maximum atomic E-state index is 8.70. The van der Waals surface area contributed by atoms with E-state index in [1.54, 1.807) is 7.11 Å². The number of nitrogens with zero attached hydrogens (tertiary/aromatic N) is 1. The summed E-state index contributed by atoms with van der Waals surface area (Å²) < 4.78 is 5.16. The van der Waals surface area contributed by atoms with Crippen molar-refractivity contribution >= 4 is 11.5 Å². The Kier molecular flexibility index (Phi) is 5.48. The molecule has 0 atom stereocenters. The van der Waals surface area contributed by atoms with E-state index in [-0.39, 0.29) is 11.3 Å². The Bertz CT molecular complexity index is 430. The van der Waals surface area contributed by atoms with Gasteiger partial charge in [-0.05, 0) is 25.0 Å². The van der Waals surface area contributed by atoms with E-state index < -0.39 is 0 Å². The zero-order valence-corrected chi connectivity index (χ0v) is 11.8. The van der Waals surface area contributed by atoms with Crippen LogP contribution in [0.15, 0.2) is 29.4 Å². The molecule has 0 spiro atoms. The van der Waals surface area contributed by atoms with Crippen molar-refractivity contribution in [1.29, 1.82) is 0 Å². The van der Waals surface area contributed by atoms with Crippen molar-refractivity contribution in [2.24, 2.45) is 16.3 Å². The third-order valence-electron chi connectivity index (χ3n) is 3.18.